The van der Waals surface area contributed by atoms with Crippen LogP contribution in [0.1, 0.15) is 56.8 Å². The molecule has 2 aromatic rings. The molecule has 0 radical (unpaired) electrons. The van der Waals surface area contributed by atoms with Crippen LogP contribution in [0.15, 0.2) is 35.2 Å². The molecule has 0 heterocycles. The molecule has 0 spiro atoms. The van der Waals surface area contributed by atoms with Gasteiger partial charge in [-0.05, 0) is 42.7 Å². The predicted octanol–water partition coefficient (Wildman–Crippen LogP) is 5.53. The molecule has 8 heteroatoms. The summed E-state index contributed by atoms with van der Waals surface area (Å²) in [6, 6.07) is 5.36. The van der Waals surface area contributed by atoms with Crippen LogP contribution in [-0.4, -0.2) is 38.3 Å². The third-order valence-corrected chi connectivity index (χ3v) is 6.85. The van der Waals surface area contributed by atoms with E-state index < -0.39 is 27.4 Å². The van der Waals surface area contributed by atoms with Crippen molar-refractivity contribution in [3.63, 3.8) is 0 Å². The SMILES string of the molecule is CCCCN(CCCC)c1cc(C(=O)O)cc(S(=O)(=O)CC)c1-c1cc(F)cc(F)c1. The highest BCUT2D eigenvalue weighted by atomic mass is 32.2. The fourth-order valence-electron chi connectivity index (χ4n) is 3.41. The summed E-state index contributed by atoms with van der Waals surface area (Å²) in [5.41, 5.74) is 0.381. The van der Waals surface area contributed by atoms with Crippen LogP contribution >= 0.6 is 0 Å². The minimum absolute atomic E-state index is 0.0643. The average Bonchev–Trinajstić information content (AvgIpc) is 2.72. The first kappa shape index (κ1) is 24.8. The first-order valence-electron chi connectivity index (χ1n) is 10.5. The van der Waals surface area contributed by atoms with Gasteiger partial charge in [-0.15, -0.1) is 0 Å². The van der Waals surface area contributed by atoms with Crippen molar-refractivity contribution in [2.24, 2.45) is 0 Å². The summed E-state index contributed by atoms with van der Waals surface area (Å²) in [5, 5.41) is 9.62. The van der Waals surface area contributed by atoms with Crippen molar-refractivity contribution >= 4 is 21.5 Å². The molecule has 0 aliphatic carbocycles. The lowest BCUT2D eigenvalue weighted by Crippen LogP contribution is -2.27. The number of rotatable bonds is 11. The lowest BCUT2D eigenvalue weighted by atomic mass is 9.99. The zero-order chi connectivity index (χ0) is 23.2. The average molecular weight is 454 g/mol. The van der Waals surface area contributed by atoms with Crippen LogP contribution in [0.4, 0.5) is 14.5 Å². The molecule has 0 saturated carbocycles. The molecule has 0 fully saturated rings. The van der Waals surface area contributed by atoms with E-state index in [-0.39, 0.29) is 27.3 Å². The van der Waals surface area contributed by atoms with Crippen molar-refractivity contribution in [1.82, 2.24) is 0 Å². The molecule has 0 aromatic heterocycles. The molecule has 2 aromatic carbocycles. The van der Waals surface area contributed by atoms with Crippen molar-refractivity contribution in [1.29, 1.82) is 0 Å². The van der Waals surface area contributed by atoms with Crippen molar-refractivity contribution in [3.05, 3.63) is 47.5 Å². The second-order valence-electron chi connectivity index (χ2n) is 7.43. The van der Waals surface area contributed by atoms with E-state index in [2.05, 4.69) is 0 Å². The van der Waals surface area contributed by atoms with Crippen LogP contribution < -0.4 is 4.90 Å². The zero-order valence-corrected chi connectivity index (χ0v) is 18.9. The summed E-state index contributed by atoms with van der Waals surface area (Å²) >= 11 is 0. The number of halogens is 2. The number of hydrogen-bond acceptors (Lipinski definition) is 4. The maximum atomic E-state index is 14.1. The standard InChI is InChI=1S/C23H29F2NO4S/c1-4-7-9-26(10-8-5-2)20-13-17(23(27)28)14-21(31(29,30)6-3)22(20)16-11-18(24)15-19(25)12-16/h11-15H,4-10H2,1-3H3,(H,27,28). The van der Waals surface area contributed by atoms with Gasteiger partial charge in [-0.25, -0.2) is 22.0 Å². The van der Waals surface area contributed by atoms with Gasteiger partial charge in [0.2, 0.25) is 0 Å². The minimum Gasteiger partial charge on any atom is -0.478 e. The van der Waals surface area contributed by atoms with E-state index in [1.54, 1.807) is 0 Å². The monoisotopic (exact) mass is 453 g/mol. The van der Waals surface area contributed by atoms with Gasteiger partial charge in [-0.1, -0.05) is 33.6 Å². The Morgan fingerprint density at radius 3 is 1.94 bits per heavy atom. The number of sulfone groups is 1. The van der Waals surface area contributed by atoms with Gasteiger partial charge in [0.1, 0.15) is 11.6 Å². The fraction of sp³-hybridized carbons (Fsp3) is 0.435. The molecular formula is C23H29F2NO4S. The van der Waals surface area contributed by atoms with E-state index in [1.165, 1.54) is 13.0 Å². The summed E-state index contributed by atoms with van der Waals surface area (Å²) in [6.45, 7) is 6.61. The molecule has 0 saturated heterocycles. The Labute approximate surface area is 182 Å². The number of aromatic carboxylic acids is 1. The summed E-state index contributed by atoms with van der Waals surface area (Å²) < 4.78 is 54.0. The highest BCUT2D eigenvalue weighted by Crippen LogP contribution is 2.39. The van der Waals surface area contributed by atoms with E-state index in [1.807, 2.05) is 18.7 Å². The molecule has 0 bridgehead atoms. The Bertz CT molecular complexity index is 1010. The van der Waals surface area contributed by atoms with Gasteiger partial charge >= 0.3 is 5.97 Å². The summed E-state index contributed by atoms with van der Waals surface area (Å²) in [5.74, 6) is -3.21. The quantitative estimate of drug-likeness (QED) is 0.484. The number of nitrogens with zero attached hydrogens (tertiary/aromatic N) is 1. The second kappa shape index (κ2) is 10.7. The molecule has 0 unspecified atom stereocenters. The number of anilines is 1. The largest absolute Gasteiger partial charge is 0.478 e. The lowest BCUT2D eigenvalue weighted by molar-refractivity contribution is 0.0696. The minimum atomic E-state index is -3.89. The topological polar surface area (TPSA) is 74.7 Å². The van der Waals surface area contributed by atoms with Gasteiger partial charge in [-0.2, -0.15) is 0 Å². The van der Waals surface area contributed by atoms with E-state index in [9.17, 15) is 27.1 Å². The van der Waals surface area contributed by atoms with Gasteiger partial charge in [0.25, 0.3) is 0 Å². The molecule has 170 valence electrons. The molecule has 0 atom stereocenters. The molecule has 1 N–H and O–H groups in total. The molecule has 31 heavy (non-hydrogen) atoms. The van der Waals surface area contributed by atoms with Crippen molar-refractivity contribution in [2.75, 3.05) is 23.7 Å². The first-order valence-corrected chi connectivity index (χ1v) is 12.1. The van der Waals surface area contributed by atoms with Crippen LogP contribution in [0.2, 0.25) is 0 Å². The number of benzene rings is 2. The Morgan fingerprint density at radius 1 is 0.935 bits per heavy atom. The highest BCUT2D eigenvalue weighted by molar-refractivity contribution is 7.91. The van der Waals surface area contributed by atoms with Crippen LogP contribution in [0.5, 0.6) is 0 Å². The van der Waals surface area contributed by atoms with E-state index in [4.69, 9.17) is 0 Å². The van der Waals surface area contributed by atoms with Gasteiger partial charge in [0, 0.05) is 30.4 Å². The van der Waals surface area contributed by atoms with Crippen LogP contribution in [0.3, 0.4) is 0 Å². The van der Waals surface area contributed by atoms with Crippen molar-refractivity contribution in [3.8, 4) is 11.1 Å². The third-order valence-electron chi connectivity index (χ3n) is 5.10. The van der Waals surface area contributed by atoms with Gasteiger partial charge in [0.05, 0.1) is 16.2 Å². The predicted molar refractivity (Wildman–Crippen MR) is 119 cm³/mol. The second-order valence-corrected chi connectivity index (χ2v) is 9.68. The summed E-state index contributed by atoms with van der Waals surface area (Å²) in [6.07, 6.45) is 3.36. The Balaban J connectivity index is 2.94. The highest BCUT2D eigenvalue weighted by Gasteiger charge is 2.26. The Kier molecular flexibility index (Phi) is 8.56. The molecule has 0 aliphatic rings. The number of carbonyl (C=O) groups is 1. The fourth-order valence-corrected chi connectivity index (χ4v) is 4.56. The van der Waals surface area contributed by atoms with Gasteiger partial charge < -0.3 is 10.0 Å². The smallest absolute Gasteiger partial charge is 0.335 e. The zero-order valence-electron chi connectivity index (χ0n) is 18.1. The maximum Gasteiger partial charge on any atom is 0.335 e. The van der Waals surface area contributed by atoms with Gasteiger partial charge in [-0.3, -0.25) is 0 Å². The number of carboxylic acids is 1. The Hall–Kier alpha value is -2.48. The molecule has 0 aliphatic heterocycles. The Morgan fingerprint density at radius 2 is 1.48 bits per heavy atom. The summed E-state index contributed by atoms with van der Waals surface area (Å²) in [4.78, 5) is 13.5. The van der Waals surface area contributed by atoms with E-state index in [0.29, 0.717) is 24.8 Å². The molecule has 2 rings (SSSR count). The van der Waals surface area contributed by atoms with Crippen LogP contribution in [0, 0.1) is 11.6 Å². The lowest BCUT2D eigenvalue weighted by Gasteiger charge is -2.29. The third kappa shape index (κ3) is 6.03. The molecular weight excluding hydrogens is 424 g/mol. The van der Waals surface area contributed by atoms with E-state index in [0.717, 1.165) is 43.9 Å². The summed E-state index contributed by atoms with van der Waals surface area (Å²) in [7, 11) is -3.89. The van der Waals surface area contributed by atoms with Crippen molar-refractivity contribution < 1.29 is 27.1 Å². The molecule has 5 nitrogen and oxygen atoms in total. The number of hydrogen-bond donors (Lipinski definition) is 1. The van der Waals surface area contributed by atoms with Crippen molar-refractivity contribution in [2.45, 2.75) is 51.3 Å². The maximum absolute atomic E-state index is 14.1. The van der Waals surface area contributed by atoms with Crippen LogP contribution in [-0.2, 0) is 9.84 Å². The first-order chi connectivity index (χ1) is 14.6. The molecule has 0 amide bonds. The van der Waals surface area contributed by atoms with Crippen LogP contribution in [0.25, 0.3) is 11.1 Å². The van der Waals surface area contributed by atoms with E-state index >= 15 is 0 Å². The number of unbranched alkanes of at least 4 members (excludes halogenated alkanes) is 2. The number of carboxylic acid groups (broad SMARTS) is 1. The normalized spacial score (nSPS) is 11.5. The van der Waals surface area contributed by atoms with Gasteiger partial charge in [0.15, 0.2) is 9.84 Å².